The Morgan fingerprint density at radius 3 is 2.12 bits per heavy atom. The normalized spacial score (nSPS) is 20.3. The predicted octanol–water partition coefficient (Wildman–Crippen LogP) is 1.07. The summed E-state index contributed by atoms with van der Waals surface area (Å²) in [4.78, 5) is 15.3. The summed E-state index contributed by atoms with van der Waals surface area (Å²) in [6, 6.07) is 0.575. The average molecular weight is 229 g/mol. The average Bonchev–Trinajstić information content (AvgIpc) is 2.17. The second kappa shape index (κ2) is 5.10. The molecule has 1 fully saturated rings. The molecule has 1 rings (SSSR count). The molecule has 0 radical (unpaired) electrons. The molecule has 0 saturated carbocycles. The van der Waals surface area contributed by atoms with Crippen molar-refractivity contribution in [3.05, 3.63) is 10.1 Å². The molecular formula is C11H23N3O2. The van der Waals surface area contributed by atoms with E-state index in [-0.39, 0.29) is 4.92 Å². The van der Waals surface area contributed by atoms with Gasteiger partial charge in [-0.2, -0.15) is 0 Å². The van der Waals surface area contributed by atoms with E-state index in [1.165, 1.54) is 0 Å². The molecule has 94 valence electrons. The lowest BCUT2D eigenvalue weighted by Gasteiger charge is -2.38. The largest absolute Gasteiger partial charge is 0.298 e. The van der Waals surface area contributed by atoms with Crippen LogP contribution in [0.4, 0.5) is 0 Å². The quantitative estimate of drug-likeness (QED) is 0.534. The van der Waals surface area contributed by atoms with Gasteiger partial charge in [0.1, 0.15) is 0 Å². The highest BCUT2D eigenvalue weighted by atomic mass is 16.6. The molecule has 0 bridgehead atoms. The number of nitro groups is 1. The Hall–Kier alpha value is -0.680. The Bertz CT molecular complexity index is 246. The zero-order valence-corrected chi connectivity index (χ0v) is 10.8. The van der Waals surface area contributed by atoms with Gasteiger partial charge in [0.15, 0.2) is 0 Å². The van der Waals surface area contributed by atoms with Gasteiger partial charge in [0.05, 0.1) is 6.54 Å². The molecule has 5 heteroatoms. The van der Waals surface area contributed by atoms with Crippen LogP contribution in [0, 0.1) is 10.1 Å². The van der Waals surface area contributed by atoms with E-state index >= 15 is 0 Å². The Morgan fingerprint density at radius 2 is 1.75 bits per heavy atom. The van der Waals surface area contributed by atoms with Crippen LogP contribution in [0.1, 0.15) is 27.7 Å². The molecular weight excluding hydrogens is 206 g/mol. The van der Waals surface area contributed by atoms with Crippen molar-refractivity contribution in [1.82, 2.24) is 9.80 Å². The number of nitrogens with zero attached hydrogens (tertiary/aromatic N) is 3. The molecule has 0 aliphatic carbocycles. The van der Waals surface area contributed by atoms with Gasteiger partial charge in [-0.05, 0) is 13.8 Å². The maximum absolute atomic E-state index is 10.8. The second-order valence-corrected chi connectivity index (χ2v) is 5.48. The summed E-state index contributed by atoms with van der Waals surface area (Å²) in [6.45, 7) is 12.2. The van der Waals surface area contributed by atoms with Gasteiger partial charge in [0.25, 0.3) is 0 Å². The van der Waals surface area contributed by atoms with E-state index in [1.54, 1.807) is 13.8 Å². The van der Waals surface area contributed by atoms with Crippen molar-refractivity contribution in [2.45, 2.75) is 39.3 Å². The van der Waals surface area contributed by atoms with Crippen LogP contribution in [-0.2, 0) is 0 Å². The summed E-state index contributed by atoms with van der Waals surface area (Å²) in [5.74, 6) is 0. The van der Waals surface area contributed by atoms with Crippen LogP contribution in [-0.4, -0.2) is 59.0 Å². The maximum Gasteiger partial charge on any atom is 0.229 e. The highest BCUT2D eigenvalue weighted by molar-refractivity contribution is 4.79. The molecule has 1 aliphatic heterocycles. The number of hydrogen-bond donors (Lipinski definition) is 0. The standard InChI is InChI=1S/C11H23N3O2/c1-10(2)13-7-5-12(6-8-13)9-11(3,4)14(15)16/h10H,5-9H2,1-4H3. The summed E-state index contributed by atoms with van der Waals surface area (Å²) < 4.78 is 0. The lowest BCUT2D eigenvalue weighted by molar-refractivity contribution is -0.561. The van der Waals surface area contributed by atoms with E-state index in [9.17, 15) is 10.1 Å². The first-order valence-corrected chi connectivity index (χ1v) is 5.94. The summed E-state index contributed by atoms with van der Waals surface area (Å²) in [7, 11) is 0. The topological polar surface area (TPSA) is 49.6 Å². The lowest BCUT2D eigenvalue weighted by Crippen LogP contribution is -2.53. The molecule has 0 atom stereocenters. The van der Waals surface area contributed by atoms with Crippen LogP contribution in [0.5, 0.6) is 0 Å². The van der Waals surface area contributed by atoms with Crippen LogP contribution >= 0.6 is 0 Å². The third-order valence-corrected chi connectivity index (χ3v) is 3.24. The summed E-state index contributed by atoms with van der Waals surface area (Å²) in [6.07, 6.45) is 0. The molecule has 16 heavy (non-hydrogen) atoms. The highest BCUT2D eigenvalue weighted by Crippen LogP contribution is 2.13. The van der Waals surface area contributed by atoms with Crippen molar-refractivity contribution in [3.63, 3.8) is 0 Å². The fourth-order valence-corrected chi connectivity index (χ4v) is 2.04. The monoisotopic (exact) mass is 229 g/mol. The van der Waals surface area contributed by atoms with E-state index < -0.39 is 5.54 Å². The first-order valence-electron chi connectivity index (χ1n) is 5.94. The highest BCUT2D eigenvalue weighted by Gasteiger charge is 2.34. The van der Waals surface area contributed by atoms with E-state index in [1.807, 2.05) is 0 Å². The third-order valence-electron chi connectivity index (χ3n) is 3.24. The molecule has 0 aromatic carbocycles. The SMILES string of the molecule is CC(C)N1CCN(CC(C)(C)[N+](=O)[O-])CC1. The zero-order chi connectivity index (χ0) is 12.3. The molecule has 5 nitrogen and oxygen atoms in total. The maximum atomic E-state index is 10.8. The minimum atomic E-state index is -0.833. The molecule has 1 aliphatic rings. The van der Waals surface area contributed by atoms with Crippen molar-refractivity contribution >= 4 is 0 Å². The first kappa shape index (κ1) is 13.4. The van der Waals surface area contributed by atoms with Gasteiger partial charge >= 0.3 is 0 Å². The van der Waals surface area contributed by atoms with Gasteiger partial charge in [-0.1, -0.05) is 0 Å². The number of hydrogen-bond acceptors (Lipinski definition) is 4. The summed E-state index contributed by atoms with van der Waals surface area (Å²) >= 11 is 0. The fourth-order valence-electron chi connectivity index (χ4n) is 2.04. The van der Waals surface area contributed by atoms with Gasteiger partial charge in [-0.3, -0.25) is 19.9 Å². The molecule has 0 aromatic rings. The second-order valence-electron chi connectivity index (χ2n) is 5.48. The molecule has 0 amide bonds. The van der Waals surface area contributed by atoms with Gasteiger partial charge in [0.2, 0.25) is 5.54 Å². The van der Waals surface area contributed by atoms with E-state index in [0.29, 0.717) is 12.6 Å². The van der Waals surface area contributed by atoms with Crippen molar-refractivity contribution in [2.24, 2.45) is 0 Å². The van der Waals surface area contributed by atoms with E-state index in [0.717, 1.165) is 26.2 Å². The number of rotatable bonds is 4. The zero-order valence-electron chi connectivity index (χ0n) is 10.8. The fraction of sp³-hybridized carbons (Fsp3) is 1.00. The molecule has 0 unspecified atom stereocenters. The van der Waals surface area contributed by atoms with Gasteiger partial charge in [-0.25, -0.2) is 0 Å². The minimum absolute atomic E-state index is 0.179. The molecule has 0 N–H and O–H groups in total. The predicted molar refractivity (Wildman–Crippen MR) is 64.2 cm³/mol. The van der Waals surface area contributed by atoms with Crippen LogP contribution in [0.25, 0.3) is 0 Å². The Morgan fingerprint density at radius 1 is 1.25 bits per heavy atom. The van der Waals surface area contributed by atoms with Crippen LogP contribution in [0.15, 0.2) is 0 Å². The Balaban J connectivity index is 2.40. The van der Waals surface area contributed by atoms with E-state index in [4.69, 9.17) is 0 Å². The molecule has 1 heterocycles. The smallest absolute Gasteiger partial charge is 0.229 e. The first-order chi connectivity index (χ1) is 7.33. The molecule has 0 spiro atoms. The van der Waals surface area contributed by atoms with Crippen LogP contribution < -0.4 is 0 Å². The van der Waals surface area contributed by atoms with Crippen molar-refractivity contribution in [1.29, 1.82) is 0 Å². The van der Waals surface area contributed by atoms with Crippen LogP contribution in [0.2, 0.25) is 0 Å². The summed E-state index contributed by atoms with van der Waals surface area (Å²) in [5, 5.41) is 10.8. The lowest BCUT2D eigenvalue weighted by atomic mass is 10.1. The molecule has 0 aromatic heterocycles. The van der Waals surface area contributed by atoms with Crippen molar-refractivity contribution < 1.29 is 4.92 Å². The number of piperazine rings is 1. The molecule has 1 saturated heterocycles. The van der Waals surface area contributed by atoms with Gasteiger partial charge < -0.3 is 0 Å². The van der Waals surface area contributed by atoms with Gasteiger partial charge in [0, 0.05) is 51.0 Å². The minimum Gasteiger partial charge on any atom is -0.298 e. The van der Waals surface area contributed by atoms with Crippen molar-refractivity contribution in [2.75, 3.05) is 32.7 Å². The summed E-state index contributed by atoms with van der Waals surface area (Å²) in [5.41, 5.74) is -0.833. The Kier molecular flexibility index (Phi) is 4.27. The Labute approximate surface area is 97.6 Å². The van der Waals surface area contributed by atoms with E-state index in [2.05, 4.69) is 23.6 Å². The van der Waals surface area contributed by atoms with Crippen LogP contribution in [0.3, 0.4) is 0 Å². The third kappa shape index (κ3) is 3.42. The van der Waals surface area contributed by atoms with Gasteiger partial charge in [-0.15, -0.1) is 0 Å². The van der Waals surface area contributed by atoms with Crippen molar-refractivity contribution in [3.8, 4) is 0 Å².